The van der Waals surface area contributed by atoms with Crippen LogP contribution >= 0.6 is 11.6 Å². The highest BCUT2D eigenvalue weighted by molar-refractivity contribution is 6.31. The third kappa shape index (κ3) is 6.61. The SMILES string of the molecule is CC(C)(C)OC(=O)N1CC(Nc2nc3ccc(Cl)cc3[nH]2)[C@@H](OC(=O)c2ccc(Oc3ccccc3)cc2)C1. The zero-order valence-corrected chi connectivity index (χ0v) is 22.6. The van der Waals surface area contributed by atoms with Crippen LogP contribution < -0.4 is 10.1 Å². The molecule has 1 saturated heterocycles. The van der Waals surface area contributed by atoms with Crippen molar-refractivity contribution in [2.24, 2.45) is 0 Å². The third-order valence-corrected chi connectivity index (χ3v) is 6.25. The van der Waals surface area contributed by atoms with Crippen LogP contribution in [0, 0.1) is 0 Å². The number of nitrogens with zero attached hydrogens (tertiary/aromatic N) is 2. The van der Waals surface area contributed by atoms with Gasteiger partial charge in [0.25, 0.3) is 0 Å². The highest BCUT2D eigenvalue weighted by Crippen LogP contribution is 2.25. The Hall–Kier alpha value is -4.24. The quantitative estimate of drug-likeness (QED) is 0.274. The average Bonchev–Trinajstić information content (AvgIpc) is 3.47. The summed E-state index contributed by atoms with van der Waals surface area (Å²) in [7, 11) is 0. The molecular weight excluding hydrogens is 520 g/mol. The van der Waals surface area contributed by atoms with Gasteiger partial charge in [0.05, 0.1) is 29.2 Å². The second kappa shape index (κ2) is 10.9. The minimum absolute atomic E-state index is 0.166. The van der Waals surface area contributed by atoms with Crippen molar-refractivity contribution >= 4 is 40.6 Å². The molecule has 1 aliphatic rings. The molecule has 1 amide bonds. The van der Waals surface area contributed by atoms with Gasteiger partial charge in [-0.2, -0.15) is 0 Å². The molecule has 0 aliphatic carbocycles. The van der Waals surface area contributed by atoms with E-state index >= 15 is 0 Å². The number of aromatic amines is 1. The summed E-state index contributed by atoms with van der Waals surface area (Å²) in [4.78, 5) is 35.2. The number of carbonyl (C=O) groups excluding carboxylic acids is 2. The Labute approximate surface area is 231 Å². The summed E-state index contributed by atoms with van der Waals surface area (Å²) in [6.45, 7) is 5.84. The lowest BCUT2D eigenvalue weighted by Gasteiger charge is -2.24. The van der Waals surface area contributed by atoms with Crippen LogP contribution in [0.4, 0.5) is 10.7 Å². The third-order valence-electron chi connectivity index (χ3n) is 6.01. The zero-order chi connectivity index (χ0) is 27.6. The number of halogens is 1. The molecule has 9 nitrogen and oxygen atoms in total. The largest absolute Gasteiger partial charge is 0.457 e. The Bertz CT molecular complexity index is 1470. The summed E-state index contributed by atoms with van der Waals surface area (Å²) >= 11 is 6.10. The monoisotopic (exact) mass is 548 g/mol. The second-order valence-electron chi connectivity index (χ2n) is 10.3. The number of ether oxygens (including phenoxy) is 3. The second-order valence-corrected chi connectivity index (χ2v) is 10.7. The number of para-hydroxylation sites is 1. The Kier molecular flexibility index (Phi) is 7.34. The van der Waals surface area contributed by atoms with E-state index in [1.165, 1.54) is 4.90 Å². The van der Waals surface area contributed by atoms with Gasteiger partial charge in [-0.05, 0) is 75.4 Å². The molecule has 1 unspecified atom stereocenters. The van der Waals surface area contributed by atoms with Crippen LogP contribution in [-0.4, -0.2) is 57.8 Å². The van der Waals surface area contributed by atoms with Crippen LogP contribution in [0.1, 0.15) is 31.1 Å². The Balaban J connectivity index is 1.30. The van der Waals surface area contributed by atoms with E-state index in [2.05, 4.69) is 15.3 Å². The molecule has 0 spiro atoms. The minimum atomic E-state index is -0.656. The van der Waals surface area contributed by atoms with E-state index in [0.717, 1.165) is 11.0 Å². The first kappa shape index (κ1) is 26.4. The number of anilines is 1. The highest BCUT2D eigenvalue weighted by atomic mass is 35.5. The van der Waals surface area contributed by atoms with Gasteiger partial charge in [0.15, 0.2) is 0 Å². The molecule has 5 rings (SSSR count). The van der Waals surface area contributed by atoms with Crippen molar-refractivity contribution in [3.63, 3.8) is 0 Å². The smallest absolute Gasteiger partial charge is 0.410 e. The molecule has 10 heteroatoms. The zero-order valence-electron chi connectivity index (χ0n) is 21.8. The van der Waals surface area contributed by atoms with Crippen molar-refractivity contribution in [1.82, 2.24) is 14.9 Å². The molecule has 1 fully saturated rings. The predicted octanol–water partition coefficient (Wildman–Crippen LogP) is 6.27. The van der Waals surface area contributed by atoms with Crippen molar-refractivity contribution in [2.75, 3.05) is 18.4 Å². The lowest BCUT2D eigenvalue weighted by Crippen LogP contribution is -2.36. The van der Waals surface area contributed by atoms with E-state index < -0.39 is 29.8 Å². The molecular formula is C29H29ClN4O5. The van der Waals surface area contributed by atoms with E-state index in [-0.39, 0.29) is 13.1 Å². The van der Waals surface area contributed by atoms with Crippen LogP contribution in [0.2, 0.25) is 5.02 Å². The lowest BCUT2D eigenvalue weighted by molar-refractivity contribution is 0.0187. The molecule has 1 aromatic heterocycles. The van der Waals surface area contributed by atoms with Gasteiger partial charge >= 0.3 is 12.1 Å². The van der Waals surface area contributed by atoms with Crippen LogP contribution in [0.25, 0.3) is 11.0 Å². The summed E-state index contributed by atoms with van der Waals surface area (Å²) in [5.41, 5.74) is 1.20. The normalized spacial score (nSPS) is 17.2. The van der Waals surface area contributed by atoms with E-state index in [0.29, 0.717) is 28.0 Å². The molecule has 39 heavy (non-hydrogen) atoms. The molecule has 0 radical (unpaired) electrons. The molecule has 0 bridgehead atoms. The fourth-order valence-electron chi connectivity index (χ4n) is 4.22. The van der Waals surface area contributed by atoms with Gasteiger partial charge in [-0.1, -0.05) is 29.8 Å². The topological polar surface area (TPSA) is 106 Å². The maximum atomic E-state index is 13.1. The number of rotatable bonds is 6. The van der Waals surface area contributed by atoms with Crippen LogP contribution in [0.3, 0.4) is 0 Å². The molecule has 0 saturated carbocycles. The standard InChI is InChI=1S/C29H29ClN4O5/c1-29(2,3)39-28(36)34-16-24(33-27-31-22-14-11-19(30)15-23(22)32-27)25(17-34)38-26(35)18-9-12-21(13-10-18)37-20-7-5-4-6-8-20/h4-15,24-25H,16-17H2,1-3H3,(H2,31,32,33)/t24?,25-/m0/s1. The maximum absolute atomic E-state index is 13.1. The van der Waals surface area contributed by atoms with Gasteiger partial charge in [0.2, 0.25) is 5.95 Å². The first-order valence-electron chi connectivity index (χ1n) is 12.6. The number of nitrogens with one attached hydrogen (secondary N) is 2. The van der Waals surface area contributed by atoms with E-state index in [1.54, 1.807) is 57.2 Å². The minimum Gasteiger partial charge on any atom is -0.457 e. The number of hydrogen-bond donors (Lipinski definition) is 2. The number of esters is 1. The summed E-state index contributed by atoms with van der Waals surface area (Å²) in [6.07, 6.45) is -1.13. The van der Waals surface area contributed by atoms with E-state index in [1.807, 2.05) is 36.4 Å². The van der Waals surface area contributed by atoms with Gasteiger partial charge < -0.3 is 29.4 Å². The number of amides is 1. The summed E-state index contributed by atoms with van der Waals surface area (Å²) < 4.78 is 17.2. The Morgan fingerprint density at radius 3 is 2.44 bits per heavy atom. The maximum Gasteiger partial charge on any atom is 0.410 e. The number of likely N-dealkylation sites (tertiary alicyclic amines) is 1. The molecule has 1 aliphatic heterocycles. The molecule has 2 atom stereocenters. The number of benzene rings is 3. The fourth-order valence-corrected chi connectivity index (χ4v) is 4.39. The highest BCUT2D eigenvalue weighted by Gasteiger charge is 2.40. The molecule has 202 valence electrons. The first-order valence-corrected chi connectivity index (χ1v) is 12.9. The number of carbonyl (C=O) groups is 2. The van der Waals surface area contributed by atoms with Crippen LogP contribution in [0.15, 0.2) is 72.8 Å². The average molecular weight is 549 g/mol. The number of imidazole rings is 1. The van der Waals surface area contributed by atoms with Crippen LogP contribution in [0.5, 0.6) is 11.5 Å². The summed E-state index contributed by atoms with van der Waals surface area (Å²) in [5.74, 6) is 1.26. The Morgan fingerprint density at radius 1 is 1.00 bits per heavy atom. The number of aromatic nitrogens is 2. The van der Waals surface area contributed by atoms with Crippen LogP contribution in [-0.2, 0) is 9.47 Å². The lowest BCUT2D eigenvalue weighted by atomic mass is 10.2. The van der Waals surface area contributed by atoms with Crippen molar-refractivity contribution in [2.45, 2.75) is 38.5 Å². The summed E-state index contributed by atoms with van der Waals surface area (Å²) in [6, 6.07) is 21.0. The van der Waals surface area contributed by atoms with Gasteiger partial charge in [-0.25, -0.2) is 14.6 Å². The van der Waals surface area contributed by atoms with Crippen molar-refractivity contribution in [1.29, 1.82) is 0 Å². The first-order chi connectivity index (χ1) is 18.6. The number of fused-ring (bicyclic) bond motifs is 1. The number of H-pyrrole nitrogens is 1. The van der Waals surface area contributed by atoms with Gasteiger partial charge in [-0.3, -0.25) is 0 Å². The van der Waals surface area contributed by atoms with Gasteiger partial charge in [-0.15, -0.1) is 0 Å². The van der Waals surface area contributed by atoms with Gasteiger partial charge in [0.1, 0.15) is 23.2 Å². The Morgan fingerprint density at radius 2 is 1.72 bits per heavy atom. The molecule has 3 aromatic carbocycles. The number of hydrogen-bond acceptors (Lipinski definition) is 7. The molecule has 4 aromatic rings. The van der Waals surface area contributed by atoms with E-state index in [4.69, 9.17) is 25.8 Å². The van der Waals surface area contributed by atoms with Crippen molar-refractivity contribution in [3.05, 3.63) is 83.4 Å². The van der Waals surface area contributed by atoms with Crippen molar-refractivity contribution < 1.29 is 23.8 Å². The van der Waals surface area contributed by atoms with Crippen molar-refractivity contribution in [3.8, 4) is 11.5 Å². The predicted molar refractivity (Wildman–Crippen MR) is 148 cm³/mol. The fraction of sp³-hybridized carbons (Fsp3) is 0.276. The molecule has 2 N–H and O–H groups in total. The van der Waals surface area contributed by atoms with Gasteiger partial charge in [0, 0.05) is 11.6 Å². The summed E-state index contributed by atoms with van der Waals surface area (Å²) in [5, 5.41) is 3.87. The molecule has 2 heterocycles. The van der Waals surface area contributed by atoms with E-state index in [9.17, 15) is 9.59 Å².